The number of ether oxygens (including phenoxy) is 2. The number of rotatable bonds is 15. The first-order chi connectivity index (χ1) is 18.6. The van der Waals surface area contributed by atoms with E-state index in [2.05, 4.69) is 38.1 Å². The zero-order valence-electron chi connectivity index (χ0n) is 22.8. The Labute approximate surface area is 227 Å². The van der Waals surface area contributed by atoms with E-state index in [0.29, 0.717) is 24.3 Å². The predicted molar refractivity (Wildman–Crippen MR) is 154 cm³/mol. The highest BCUT2D eigenvalue weighted by Gasteiger charge is 2.09. The van der Waals surface area contributed by atoms with Crippen LogP contribution in [0, 0.1) is 6.92 Å². The van der Waals surface area contributed by atoms with E-state index in [1.54, 1.807) is 24.3 Å². The summed E-state index contributed by atoms with van der Waals surface area (Å²) >= 11 is 0. The van der Waals surface area contributed by atoms with E-state index >= 15 is 0 Å². The number of hydrogen-bond acceptors (Lipinski definition) is 4. The highest BCUT2D eigenvalue weighted by molar-refractivity contribution is 5.89. The number of esters is 2. The molecule has 0 saturated heterocycles. The van der Waals surface area contributed by atoms with Gasteiger partial charge in [-0.3, -0.25) is 0 Å². The molecular formula is C34H40O4. The fourth-order valence-electron chi connectivity index (χ4n) is 4.49. The fourth-order valence-corrected chi connectivity index (χ4v) is 4.49. The summed E-state index contributed by atoms with van der Waals surface area (Å²) in [7, 11) is 0. The number of aryl methyl sites for hydroxylation is 3. The molecule has 0 saturated carbocycles. The first-order valence-electron chi connectivity index (χ1n) is 13.8. The molecule has 0 aliphatic heterocycles. The molecule has 4 heteroatoms. The molecule has 0 amide bonds. The standard InChI is InChI=1S/C34H40O4/c1-3-16-31-26-30(21-12-6-14-23-37-33(35)28-17-8-4-9-18-28)27(2)25-32(31)22-13-7-15-24-38-34(36)29-19-10-5-11-20-29/h3-5,8-11,16-20,25-26H,6-7,12-15,21-24H2,1-2H3/b16-3+. The number of benzene rings is 3. The van der Waals surface area contributed by atoms with Crippen molar-refractivity contribution >= 4 is 18.0 Å². The van der Waals surface area contributed by atoms with Gasteiger partial charge in [-0.1, -0.05) is 60.7 Å². The molecule has 4 nitrogen and oxygen atoms in total. The number of allylic oxidation sites excluding steroid dienone is 1. The molecule has 0 aliphatic carbocycles. The Bertz CT molecular complexity index is 1170. The molecule has 0 unspecified atom stereocenters. The molecular weight excluding hydrogens is 472 g/mol. The van der Waals surface area contributed by atoms with Gasteiger partial charge in [-0.25, -0.2) is 9.59 Å². The largest absolute Gasteiger partial charge is 0.462 e. The summed E-state index contributed by atoms with van der Waals surface area (Å²) in [6, 6.07) is 22.9. The molecule has 200 valence electrons. The number of hydrogen-bond donors (Lipinski definition) is 0. The summed E-state index contributed by atoms with van der Waals surface area (Å²) in [5.41, 5.74) is 6.59. The highest BCUT2D eigenvalue weighted by atomic mass is 16.5. The van der Waals surface area contributed by atoms with Crippen LogP contribution in [0.15, 0.2) is 78.9 Å². The molecule has 3 aromatic carbocycles. The lowest BCUT2D eigenvalue weighted by molar-refractivity contribution is 0.0488. The molecule has 38 heavy (non-hydrogen) atoms. The van der Waals surface area contributed by atoms with Gasteiger partial charge in [0, 0.05) is 0 Å². The summed E-state index contributed by atoms with van der Waals surface area (Å²) in [6.45, 7) is 5.17. The third-order valence-electron chi connectivity index (χ3n) is 6.61. The molecule has 0 heterocycles. The summed E-state index contributed by atoms with van der Waals surface area (Å²) < 4.78 is 10.8. The van der Waals surface area contributed by atoms with Crippen LogP contribution in [0.5, 0.6) is 0 Å². The monoisotopic (exact) mass is 512 g/mol. The van der Waals surface area contributed by atoms with Crippen LogP contribution in [0.4, 0.5) is 0 Å². The first-order valence-corrected chi connectivity index (χ1v) is 13.8. The van der Waals surface area contributed by atoms with Gasteiger partial charge in [0.15, 0.2) is 0 Å². The molecule has 0 bridgehead atoms. The molecule has 3 aromatic rings. The van der Waals surface area contributed by atoms with E-state index in [-0.39, 0.29) is 11.9 Å². The van der Waals surface area contributed by atoms with Crippen molar-refractivity contribution < 1.29 is 19.1 Å². The normalized spacial score (nSPS) is 11.0. The van der Waals surface area contributed by atoms with Gasteiger partial charge in [-0.2, -0.15) is 0 Å². The van der Waals surface area contributed by atoms with Gasteiger partial charge in [0.05, 0.1) is 24.3 Å². The van der Waals surface area contributed by atoms with Crippen LogP contribution in [0.1, 0.15) is 88.4 Å². The Morgan fingerprint density at radius 1 is 0.658 bits per heavy atom. The molecule has 0 spiro atoms. The minimum absolute atomic E-state index is 0.249. The summed E-state index contributed by atoms with van der Waals surface area (Å²) in [6.07, 6.45) is 12.3. The SMILES string of the molecule is C/C=C/c1cc(CCCCCOC(=O)c2ccccc2)c(C)cc1CCCCCOC(=O)c1ccccc1. The van der Waals surface area contributed by atoms with E-state index in [0.717, 1.165) is 51.4 Å². The molecule has 0 aromatic heterocycles. The van der Waals surface area contributed by atoms with Gasteiger partial charge < -0.3 is 9.47 Å². The van der Waals surface area contributed by atoms with Crippen molar-refractivity contribution in [3.63, 3.8) is 0 Å². The number of carbonyl (C=O) groups is 2. The summed E-state index contributed by atoms with van der Waals surface area (Å²) in [5.74, 6) is -0.499. The molecule has 0 aliphatic rings. The van der Waals surface area contributed by atoms with Crippen LogP contribution in [-0.2, 0) is 22.3 Å². The van der Waals surface area contributed by atoms with Gasteiger partial charge in [-0.15, -0.1) is 0 Å². The van der Waals surface area contributed by atoms with Gasteiger partial charge in [-0.05, 0) is 112 Å². The highest BCUT2D eigenvalue weighted by Crippen LogP contribution is 2.22. The van der Waals surface area contributed by atoms with Crippen LogP contribution in [0.3, 0.4) is 0 Å². The van der Waals surface area contributed by atoms with Crippen molar-refractivity contribution in [1.29, 1.82) is 0 Å². The third kappa shape index (κ3) is 9.66. The Morgan fingerprint density at radius 3 is 1.66 bits per heavy atom. The fraction of sp³-hybridized carbons (Fsp3) is 0.353. The maximum atomic E-state index is 12.0. The minimum Gasteiger partial charge on any atom is -0.462 e. The molecule has 0 atom stereocenters. The minimum atomic E-state index is -0.250. The number of carbonyl (C=O) groups excluding carboxylic acids is 2. The van der Waals surface area contributed by atoms with E-state index < -0.39 is 0 Å². The van der Waals surface area contributed by atoms with E-state index in [1.807, 2.05) is 36.4 Å². The first kappa shape index (κ1) is 28.9. The summed E-state index contributed by atoms with van der Waals surface area (Å²) in [5, 5.41) is 0. The van der Waals surface area contributed by atoms with Crippen LogP contribution < -0.4 is 0 Å². The van der Waals surface area contributed by atoms with Gasteiger partial charge >= 0.3 is 11.9 Å². The van der Waals surface area contributed by atoms with Crippen LogP contribution in [0.25, 0.3) is 6.08 Å². The van der Waals surface area contributed by atoms with Gasteiger partial charge in [0.1, 0.15) is 0 Å². The topological polar surface area (TPSA) is 52.6 Å². The smallest absolute Gasteiger partial charge is 0.338 e. The molecule has 0 radical (unpaired) electrons. The second-order valence-electron chi connectivity index (χ2n) is 9.60. The van der Waals surface area contributed by atoms with Crippen molar-refractivity contribution in [2.45, 2.75) is 65.2 Å². The molecule has 0 fully saturated rings. The van der Waals surface area contributed by atoms with Crippen molar-refractivity contribution in [2.75, 3.05) is 13.2 Å². The predicted octanol–water partition coefficient (Wildman–Crippen LogP) is 8.17. The van der Waals surface area contributed by atoms with Crippen molar-refractivity contribution in [3.05, 3.63) is 112 Å². The van der Waals surface area contributed by atoms with Crippen LogP contribution >= 0.6 is 0 Å². The van der Waals surface area contributed by atoms with E-state index in [9.17, 15) is 9.59 Å². The zero-order valence-corrected chi connectivity index (χ0v) is 22.8. The summed E-state index contributed by atoms with van der Waals surface area (Å²) in [4.78, 5) is 24.1. The second kappa shape index (κ2) is 16.2. The van der Waals surface area contributed by atoms with Crippen LogP contribution in [0.2, 0.25) is 0 Å². The maximum absolute atomic E-state index is 12.0. The molecule has 0 N–H and O–H groups in total. The van der Waals surface area contributed by atoms with E-state index in [1.165, 1.54) is 22.3 Å². The third-order valence-corrected chi connectivity index (χ3v) is 6.61. The zero-order chi connectivity index (χ0) is 27.0. The van der Waals surface area contributed by atoms with Crippen molar-refractivity contribution in [1.82, 2.24) is 0 Å². The van der Waals surface area contributed by atoms with Crippen molar-refractivity contribution in [2.24, 2.45) is 0 Å². The second-order valence-corrected chi connectivity index (χ2v) is 9.60. The Balaban J connectivity index is 1.37. The lowest BCUT2D eigenvalue weighted by Gasteiger charge is -2.13. The van der Waals surface area contributed by atoms with E-state index in [4.69, 9.17) is 9.47 Å². The molecule has 3 rings (SSSR count). The number of unbranched alkanes of at least 4 members (excludes halogenated alkanes) is 4. The Morgan fingerprint density at radius 2 is 1.16 bits per heavy atom. The van der Waals surface area contributed by atoms with Gasteiger partial charge in [0.25, 0.3) is 0 Å². The Kier molecular flexibility index (Phi) is 12.4. The maximum Gasteiger partial charge on any atom is 0.338 e. The quantitative estimate of drug-likeness (QED) is 0.152. The lowest BCUT2D eigenvalue weighted by Crippen LogP contribution is -2.06. The average Bonchev–Trinajstić information content (AvgIpc) is 2.95. The van der Waals surface area contributed by atoms with Gasteiger partial charge in [0.2, 0.25) is 0 Å². The Hall–Kier alpha value is -3.66. The average molecular weight is 513 g/mol. The lowest BCUT2D eigenvalue weighted by atomic mass is 9.93. The van der Waals surface area contributed by atoms with Crippen LogP contribution in [-0.4, -0.2) is 25.2 Å². The van der Waals surface area contributed by atoms with Crippen molar-refractivity contribution in [3.8, 4) is 0 Å².